The van der Waals surface area contributed by atoms with E-state index in [1.54, 1.807) is 23.3 Å². The Kier molecular flexibility index (Phi) is 5.41. The number of benzene rings is 1. The van der Waals surface area contributed by atoms with E-state index in [0.717, 1.165) is 38.5 Å². The van der Waals surface area contributed by atoms with Gasteiger partial charge in [-0.1, -0.05) is 30.3 Å². The number of rotatable bonds is 6. The number of likely N-dealkylation sites (N-methyl/N-ethyl adjacent to an activating group) is 1. The molecule has 1 atom stereocenters. The van der Waals surface area contributed by atoms with Gasteiger partial charge in [0.1, 0.15) is 5.82 Å². The molecule has 1 aliphatic heterocycles. The Morgan fingerprint density at radius 2 is 2.00 bits per heavy atom. The van der Waals surface area contributed by atoms with Crippen LogP contribution >= 0.6 is 0 Å². The number of hydrogen-bond donors (Lipinski definition) is 1. The molecule has 1 aromatic carbocycles. The van der Waals surface area contributed by atoms with Gasteiger partial charge in [0.05, 0.1) is 12.4 Å². The summed E-state index contributed by atoms with van der Waals surface area (Å²) in [4.78, 5) is 13.8. The lowest BCUT2D eigenvalue weighted by molar-refractivity contribution is 0.0938. The van der Waals surface area contributed by atoms with E-state index in [4.69, 9.17) is 0 Å². The van der Waals surface area contributed by atoms with Crippen molar-refractivity contribution in [3.63, 3.8) is 0 Å². The van der Waals surface area contributed by atoms with Gasteiger partial charge in [-0.3, -0.25) is 9.88 Å². The fourth-order valence-electron chi connectivity index (χ4n) is 3.50. The van der Waals surface area contributed by atoms with Gasteiger partial charge in [-0.25, -0.2) is 9.67 Å². The first-order chi connectivity index (χ1) is 13.3. The lowest BCUT2D eigenvalue weighted by Crippen LogP contribution is -2.48. The minimum atomic E-state index is 0.424. The summed E-state index contributed by atoms with van der Waals surface area (Å²) in [5.74, 6) is 1.49. The molecule has 3 aromatic rings. The van der Waals surface area contributed by atoms with Gasteiger partial charge >= 0.3 is 0 Å². The minimum Gasteiger partial charge on any atom is -0.367 e. The Bertz CT molecular complexity index is 835. The molecule has 0 amide bonds. The highest BCUT2D eigenvalue weighted by atomic mass is 15.3. The maximum Gasteiger partial charge on any atom is 0.173 e. The molecular formula is C20H25N7. The fraction of sp³-hybridized carbons (Fsp3) is 0.350. The molecule has 4 rings (SSSR count). The summed E-state index contributed by atoms with van der Waals surface area (Å²) in [5, 5.41) is 7.61. The normalized spacial score (nSPS) is 18.5. The zero-order chi connectivity index (χ0) is 18.5. The van der Waals surface area contributed by atoms with Crippen LogP contribution in [-0.2, 0) is 0 Å². The van der Waals surface area contributed by atoms with Gasteiger partial charge in [0, 0.05) is 51.2 Å². The highest BCUT2D eigenvalue weighted by molar-refractivity contribution is 5.35. The second-order valence-electron chi connectivity index (χ2n) is 6.86. The number of nitrogens with one attached hydrogen (secondary N) is 1. The van der Waals surface area contributed by atoms with Crippen molar-refractivity contribution in [2.24, 2.45) is 0 Å². The highest BCUT2D eigenvalue weighted by Crippen LogP contribution is 2.24. The van der Waals surface area contributed by atoms with Crippen LogP contribution in [0.2, 0.25) is 0 Å². The van der Waals surface area contributed by atoms with Crippen molar-refractivity contribution in [3.05, 3.63) is 66.7 Å². The molecule has 1 fully saturated rings. The van der Waals surface area contributed by atoms with Gasteiger partial charge in [-0.15, -0.1) is 0 Å². The van der Waals surface area contributed by atoms with Crippen LogP contribution in [-0.4, -0.2) is 69.3 Å². The molecule has 27 heavy (non-hydrogen) atoms. The average Bonchev–Trinajstić information content (AvgIpc) is 3.25. The van der Waals surface area contributed by atoms with Gasteiger partial charge < -0.3 is 10.2 Å². The maximum atomic E-state index is 4.59. The third kappa shape index (κ3) is 4.32. The zero-order valence-electron chi connectivity index (χ0n) is 15.6. The number of piperazine rings is 1. The third-order valence-electron chi connectivity index (χ3n) is 4.94. The van der Waals surface area contributed by atoms with Crippen LogP contribution in [0.1, 0.15) is 11.6 Å². The van der Waals surface area contributed by atoms with Crippen molar-refractivity contribution >= 4 is 5.82 Å². The summed E-state index contributed by atoms with van der Waals surface area (Å²) in [7, 11) is 2.20. The standard InChI is InChI=1S/C20H25N7/c1-25-12-13-26(18(16-25)17-6-3-2-4-7-17)11-9-22-19-14-21-15-20(24-19)27-10-5-8-23-27/h2-8,10,14-15,18H,9,11-13,16H2,1H3,(H,22,24)/t18-/m0/s1. The van der Waals surface area contributed by atoms with Crippen LogP contribution in [0.5, 0.6) is 0 Å². The molecular weight excluding hydrogens is 338 g/mol. The molecule has 0 unspecified atom stereocenters. The van der Waals surface area contributed by atoms with Crippen molar-refractivity contribution in [2.45, 2.75) is 6.04 Å². The van der Waals surface area contributed by atoms with Gasteiger partial charge in [-0.2, -0.15) is 5.10 Å². The third-order valence-corrected chi connectivity index (χ3v) is 4.94. The van der Waals surface area contributed by atoms with E-state index in [0.29, 0.717) is 11.9 Å². The fourth-order valence-corrected chi connectivity index (χ4v) is 3.50. The first kappa shape index (κ1) is 17.6. The molecule has 1 N–H and O–H groups in total. The summed E-state index contributed by atoms with van der Waals surface area (Å²) < 4.78 is 1.71. The Morgan fingerprint density at radius 3 is 2.81 bits per heavy atom. The monoisotopic (exact) mass is 363 g/mol. The molecule has 0 radical (unpaired) electrons. The van der Waals surface area contributed by atoms with Gasteiger partial charge in [-0.05, 0) is 18.7 Å². The largest absolute Gasteiger partial charge is 0.367 e. The van der Waals surface area contributed by atoms with E-state index >= 15 is 0 Å². The Balaban J connectivity index is 1.38. The molecule has 0 saturated carbocycles. The van der Waals surface area contributed by atoms with Gasteiger partial charge in [0.25, 0.3) is 0 Å². The molecule has 2 aromatic heterocycles. The molecule has 0 bridgehead atoms. The summed E-state index contributed by atoms with van der Waals surface area (Å²) >= 11 is 0. The van der Waals surface area contributed by atoms with Gasteiger partial charge in [0.2, 0.25) is 0 Å². The Hall–Kier alpha value is -2.77. The lowest BCUT2D eigenvalue weighted by Gasteiger charge is -2.40. The molecule has 7 nitrogen and oxygen atoms in total. The first-order valence-corrected chi connectivity index (χ1v) is 9.33. The van der Waals surface area contributed by atoms with Crippen molar-refractivity contribution in [1.82, 2.24) is 29.5 Å². The summed E-state index contributed by atoms with van der Waals surface area (Å²) in [5.41, 5.74) is 1.38. The smallest absolute Gasteiger partial charge is 0.173 e. The average molecular weight is 363 g/mol. The summed E-state index contributed by atoms with van der Waals surface area (Å²) in [6.07, 6.45) is 7.07. The Morgan fingerprint density at radius 1 is 1.11 bits per heavy atom. The highest BCUT2D eigenvalue weighted by Gasteiger charge is 2.25. The molecule has 1 saturated heterocycles. The van der Waals surface area contributed by atoms with Crippen molar-refractivity contribution < 1.29 is 0 Å². The summed E-state index contributed by atoms with van der Waals surface area (Å²) in [6, 6.07) is 13.1. The quantitative estimate of drug-likeness (QED) is 0.723. The van der Waals surface area contributed by atoms with Crippen LogP contribution < -0.4 is 5.32 Å². The van der Waals surface area contributed by atoms with Crippen LogP contribution in [0.4, 0.5) is 5.82 Å². The molecule has 1 aliphatic rings. The van der Waals surface area contributed by atoms with Crippen molar-refractivity contribution in [2.75, 3.05) is 45.1 Å². The number of hydrogen-bond acceptors (Lipinski definition) is 6. The van der Waals surface area contributed by atoms with E-state index in [1.165, 1.54) is 5.56 Å². The minimum absolute atomic E-state index is 0.424. The maximum absolute atomic E-state index is 4.59. The van der Waals surface area contributed by atoms with Gasteiger partial charge in [0.15, 0.2) is 5.82 Å². The lowest BCUT2D eigenvalue weighted by atomic mass is 10.0. The second kappa shape index (κ2) is 8.28. The molecule has 3 heterocycles. The topological polar surface area (TPSA) is 62.1 Å². The number of nitrogens with zero attached hydrogens (tertiary/aromatic N) is 6. The molecule has 140 valence electrons. The van der Waals surface area contributed by atoms with Crippen LogP contribution in [0.25, 0.3) is 5.82 Å². The number of aromatic nitrogens is 4. The Labute approximate surface area is 159 Å². The van der Waals surface area contributed by atoms with Crippen molar-refractivity contribution in [3.8, 4) is 5.82 Å². The van der Waals surface area contributed by atoms with Crippen LogP contribution in [0.15, 0.2) is 61.2 Å². The SMILES string of the molecule is CN1CCN(CCNc2cncc(-n3cccn3)n2)[C@H](c2ccccc2)C1. The zero-order valence-corrected chi connectivity index (χ0v) is 15.6. The predicted octanol–water partition coefficient (Wildman–Crippen LogP) is 2.06. The van der Waals surface area contributed by atoms with E-state index in [9.17, 15) is 0 Å². The van der Waals surface area contributed by atoms with E-state index in [2.05, 4.69) is 67.6 Å². The van der Waals surface area contributed by atoms with E-state index in [-0.39, 0.29) is 0 Å². The van der Waals surface area contributed by atoms with E-state index in [1.807, 2.05) is 12.3 Å². The molecule has 0 spiro atoms. The number of anilines is 1. The first-order valence-electron chi connectivity index (χ1n) is 9.33. The summed E-state index contributed by atoms with van der Waals surface area (Å²) in [6.45, 7) is 5.00. The molecule has 0 aliphatic carbocycles. The predicted molar refractivity (Wildman–Crippen MR) is 106 cm³/mol. The molecule has 7 heteroatoms. The van der Waals surface area contributed by atoms with Crippen LogP contribution in [0, 0.1) is 0 Å². The van der Waals surface area contributed by atoms with E-state index < -0.39 is 0 Å². The van der Waals surface area contributed by atoms with Crippen molar-refractivity contribution in [1.29, 1.82) is 0 Å². The van der Waals surface area contributed by atoms with Crippen LogP contribution in [0.3, 0.4) is 0 Å². The second-order valence-corrected chi connectivity index (χ2v) is 6.86.